The summed E-state index contributed by atoms with van der Waals surface area (Å²) in [5.41, 5.74) is 0. The molecule has 860 valence electrons. The molecule has 0 spiro atoms. The number of ether oxygens (including phenoxy) is 8. The molecule has 0 aliphatic carbocycles. The number of carbonyl (C=O) groups is 6. The Balaban J connectivity index is -0.000000823. The number of allylic oxidation sites excluding steroid dienone is 6. The second kappa shape index (κ2) is 118. The van der Waals surface area contributed by atoms with Crippen LogP contribution in [0.5, 0.6) is 0 Å². The molecule has 11 N–H and O–H groups in total. The Morgan fingerprint density at radius 3 is 0.545 bits per heavy atom. The molecule has 12 atom stereocenters. The predicted octanol–water partition coefficient (Wildman–Crippen LogP) is 26.0. The van der Waals surface area contributed by atoms with Crippen LogP contribution in [0.25, 0.3) is 0 Å². The summed E-state index contributed by atoms with van der Waals surface area (Å²) in [6.07, 6.45) is 92.3. The van der Waals surface area contributed by atoms with Crippen molar-refractivity contribution in [3.05, 3.63) is 36.5 Å². The molecule has 12 unspecified atom stereocenters. The molecule has 0 saturated carbocycles. The van der Waals surface area contributed by atoms with Crippen molar-refractivity contribution >= 4 is 35.8 Å². The third-order valence-corrected chi connectivity index (χ3v) is 26.1. The zero-order valence-corrected chi connectivity index (χ0v) is 94.5. The number of carbonyl (C=O) groups excluding carboxylic acids is 6. The summed E-state index contributed by atoms with van der Waals surface area (Å²) in [4.78, 5) is 68.8. The van der Waals surface area contributed by atoms with Crippen LogP contribution in [-0.2, 0) is 66.7 Å². The fraction of sp³-hybridized carbons (Fsp3) is 0.900. The van der Waals surface area contributed by atoms with Crippen molar-refractivity contribution in [2.75, 3.05) is 99.1 Å². The van der Waals surface area contributed by atoms with Gasteiger partial charge in [-0.1, -0.05) is 349 Å². The molecule has 2 rings (SSSR count). The maximum absolute atomic E-state index is 11.5. The molecule has 0 aromatic heterocycles. The van der Waals surface area contributed by atoms with Gasteiger partial charge in [-0.3, -0.25) is 28.8 Å². The van der Waals surface area contributed by atoms with E-state index in [-0.39, 0.29) is 124 Å². The van der Waals surface area contributed by atoms with Gasteiger partial charge in [0.25, 0.3) is 0 Å². The van der Waals surface area contributed by atoms with E-state index in [2.05, 4.69) is 57.2 Å². The van der Waals surface area contributed by atoms with E-state index < -0.39 is 12.2 Å². The number of rotatable bonds is 100. The van der Waals surface area contributed by atoms with Crippen LogP contribution in [0, 0.1) is 35.5 Å². The summed E-state index contributed by atoms with van der Waals surface area (Å²) >= 11 is 0. The topological polar surface area (TPSA) is 405 Å². The van der Waals surface area contributed by atoms with Gasteiger partial charge in [0.15, 0.2) is 0 Å². The summed E-state index contributed by atoms with van der Waals surface area (Å²) < 4.78 is 42.0. The number of unbranched alkanes of at least 4 members (excludes halogenated alkanes) is 48. The molecule has 145 heavy (non-hydrogen) atoms. The van der Waals surface area contributed by atoms with Crippen molar-refractivity contribution in [2.24, 2.45) is 35.5 Å². The van der Waals surface area contributed by atoms with E-state index in [0.717, 1.165) is 161 Å². The van der Waals surface area contributed by atoms with E-state index in [1.807, 2.05) is 41.5 Å². The highest BCUT2D eigenvalue weighted by molar-refractivity contribution is 5.71. The zero-order valence-electron chi connectivity index (χ0n) is 94.5. The molecule has 0 aromatic carbocycles. The average molecular weight is 2070 g/mol. The van der Waals surface area contributed by atoms with Crippen LogP contribution in [0.4, 0.5) is 0 Å². The summed E-state index contributed by atoms with van der Waals surface area (Å²) in [7, 11) is 0. The van der Waals surface area contributed by atoms with E-state index in [4.69, 9.17) is 83.9 Å². The van der Waals surface area contributed by atoms with Gasteiger partial charge in [-0.05, 0) is 173 Å². The Morgan fingerprint density at radius 2 is 0.366 bits per heavy atom. The van der Waals surface area contributed by atoms with Crippen LogP contribution < -0.4 is 0 Å². The van der Waals surface area contributed by atoms with Gasteiger partial charge in [-0.25, -0.2) is 0 Å². The van der Waals surface area contributed by atoms with E-state index >= 15 is 0 Å². The fourth-order valence-electron chi connectivity index (χ4n) is 15.8. The van der Waals surface area contributed by atoms with Gasteiger partial charge in [0.2, 0.25) is 0 Å². The van der Waals surface area contributed by atoms with Crippen LogP contribution in [0.2, 0.25) is 0 Å². The number of esters is 6. The van der Waals surface area contributed by atoms with Gasteiger partial charge in [0, 0.05) is 133 Å². The Kier molecular flexibility index (Phi) is 120. The van der Waals surface area contributed by atoms with Gasteiger partial charge < -0.3 is 94.1 Å². The minimum atomic E-state index is -0.656. The Morgan fingerprint density at radius 1 is 0.214 bits per heavy atom. The molecule has 2 saturated heterocycles. The molecule has 25 nitrogen and oxygen atoms in total. The second-order valence-electron chi connectivity index (χ2n) is 42.0. The molecule has 2 heterocycles. The monoisotopic (exact) mass is 2070 g/mol. The molecule has 0 aromatic rings. The Labute approximate surface area is 886 Å². The lowest BCUT2D eigenvalue weighted by Gasteiger charge is -2.17. The second-order valence-corrected chi connectivity index (χ2v) is 42.0. The largest absolute Gasteiger partial charge is 0.465 e. The first-order valence-corrected chi connectivity index (χ1v) is 59.5. The Bertz CT molecular complexity index is 2740. The maximum atomic E-state index is 11.5. The third kappa shape index (κ3) is 118. The maximum Gasteiger partial charge on any atom is 0.305 e. The average Bonchev–Trinajstić information content (AvgIpc) is 1.71. The number of hydrogen-bond donors (Lipinski definition) is 11. The van der Waals surface area contributed by atoms with Crippen molar-refractivity contribution in [2.45, 2.75) is 561 Å². The molecule has 0 amide bonds. The number of aliphatic hydroxyl groups excluding tert-OH is 11. The fourth-order valence-corrected chi connectivity index (χ4v) is 15.8. The van der Waals surface area contributed by atoms with Gasteiger partial charge in [-0.2, -0.15) is 0 Å². The van der Waals surface area contributed by atoms with Crippen molar-refractivity contribution in [3.63, 3.8) is 0 Å². The highest BCUT2D eigenvalue weighted by Crippen LogP contribution is 2.34. The molecule has 2 aliphatic rings. The summed E-state index contributed by atoms with van der Waals surface area (Å²) in [5, 5.41) is 99.1. The van der Waals surface area contributed by atoms with Crippen molar-refractivity contribution < 1.29 is 123 Å². The van der Waals surface area contributed by atoms with E-state index in [1.54, 1.807) is 0 Å². The lowest BCUT2D eigenvalue weighted by atomic mass is 10.00. The van der Waals surface area contributed by atoms with E-state index in [9.17, 15) is 39.0 Å². The van der Waals surface area contributed by atoms with E-state index in [1.165, 1.54) is 250 Å². The summed E-state index contributed by atoms with van der Waals surface area (Å²) in [5.74, 6) is -0.720. The number of aliphatic hydroxyl groups is 11. The lowest BCUT2D eigenvalue weighted by molar-refractivity contribution is -0.146. The first-order chi connectivity index (χ1) is 70.4. The molecular formula is C120H230O25. The van der Waals surface area contributed by atoms with Crippen molar-refractivity contribution in [3.8, 4) is 0 Å². The van der Waals surface area contributed by atoms with Crippen LogP contribution in [-0.4, -0.2) is 228 Å². The molecule has 0 radical (unpaired) electrons. The molecule has 0 bridgehead atoms. The number of hydrogen-bond acceptors (Lipinski definition) is 25. The molecular weight excluding hydrogens is 1840 g/mol. The summed E-state index contributed by atoms with van der Waals surface area (Å²) in [6.45, 7) is 21.0. The molecule has 25 heteroatoms. The minimum Gasteiger partial charge on any atom is -0.465 e. The van der Waals surface area contributed by atoms with Crippen LogP contribution in [0.3, 0.4) is 0 Å². The van der Waals surface area contributed by atoms with E-state index in [0.29, 0.717) is 122 Å². The SMILES string of the molecule is CC(CO)COC(=O)CCCCCCC/C=C/CCCCCCO.CC(CO)COC(=O)CCCCCCCC(O)C(O)CCCCCCO.CC(CO)COC(=O)CCCCCCCC1OC1CCCCCCO.CCCCCC/C=C/CCCCCCCC(=O)OCC(C)CO.CCCCCC/C=C\CCCCCCCC(=O)OCC(C)CO.CCCCCCC1OC1CCCCCCCC(=O)OCC(C)CO. The van der Waals surface area contributed by atoms with Crippen LogP contribution >= 0.6 is 0 Å². The first kappa shape index (κ1) is 147. The van der Waals surface area contributed by atoms with Gasteiger partial charge in [0.05, 0.1) is 76.3 Å². The van der Waals surface area contributed by atoms with Gasteiger partial charge >= 0.3 is 35.8 Å². The van der Waals surface area contributed by atoms with Gasteiger partial charge in [-0.15, -0.1) is 0 Å². The van der Waals surface area contributed by atoms with Crippen LogP contribution in [0.1, 0.15) is 525 Å². The normalized spacial score (nSPS) is 15.7. The first-order valence-electron chi connectivity index (χ1n) is 59.5. The van der Waals surface area contributed by atoms with Crippen LogP contribution in [0.15, 0.2) is 36.5 Å². The summed E-state index contributed by atoms with van der Waals surface area (Å²) in [6, 6.07) is 0. The number of epoxide rings is 2. The highest BCUT2D eigenvalue weighted by Gasteiger charge is 2.38. The van der Waals surface area contributed by atoms with Gasteiger partial charge in [0.1, 0.15) is 0 Å². The zero-order chi connectivity index (χ0) is 108. The smallest absolute Gasteiger partial charge is 0.305 e. The minimum absolute atomic E-state index is 0.0127. The highest BCUT2D eigenvalue weighted by atomic mass is 16.6. The lowest BCUT2D eigenvalue weighted by Crippen LogP contribution is -2.25. The third-order valence-electron chi connectivity index (χ3n) is 26.1. The standard InChI is InChI=1S/C20H40O6.C20H38O5.2C20H38O4.2C20H38O3/c1-17(15-22)16-26-20(25)13-9-4-2-3-7-11-18(23)19(24)12-8-5-6-10-14-21;1-17(15-22)16-24-20(23)13-9-4-2-3-7-11-18-19(25-18)12-8-5-6-10-14-21;1-3-4-5-9-12-18-19(24-18)13-10-7-6-8-11-14-20(22)23-16-17(2)15-21;1-19(17-22)18-24-20(23)15-13-11-9-7-5-3-2-4-6-8-10-12-14-16-21;2*1-3-4-5-6-7-8-9-10-11-12-13-14-15-16-20(22)23-18-19(2)17-21/h17-19,21-24H,2-16H2,1H3;17-19,21-22H,2-16H2,1H3;17-19,21H,3-16H2,1-2H3;2,4,19,21-22H,3,5-18H2,1H3;2*8-9,19,21H,3-7,10-18H2,1-2H3/b;;;4-2+;9-8+;9-8-. The van der Waals surface area contributed by atoms with Crippen molar-refractivity contribution in [1.29, 1.82) is 0 Å². The Hall–Kier alpha value is -4.48. The predicted molar refractivity (Wildman–Crippen MR) is 591 cm³/mol. The van der Waals surface area contributed by atoms with Crippen molar-refractivity contribution in [1.82, 2.24) is 0 Å². The molecule has 2 aliphatic heterocycles. The molecule has 2 fully saturated rings. The quantitative estimate of drug-likeness (QED) is 0.00885.